The minimum Gasteiger partial charge on any atom is -0.325 e. The summed E-state index contributed by atoms with van der Waals surface area (Å²) in [6.07, 6.45) is 1.69. The van der Waals surface area contributed by atoms with Crippen LogP contribution in [0.4, 0.5) is 5.69 Å². The first-order valence-electron chi connectivity index (χ1n) is 9.22. The summed E-state index contributed by atoms with van der Waals surface area (Å²) in [5, 5.41) is 12.3. The van der Waals surface area contributed by atoms with Crippen LogP contribution in [0.3, 0.4) is 0 Å². The molecule has 152 valence electrons. The van der Waals surface area contributed by atoms with E-state index in [9.17, 15) is 4.79 Å². The minimum atomic E-state index is -0.545. The molecule has 1 amide bonds. The number of nitrogens with zero attached hydrogens (tertiary/aromatic N) is 3. The summed E-state index contributed by atoms with van der Waals surface area (Å²) >= 11 is 13.7. The molecule has 0 radical (unpaired) electrons. The number of halogens is 2. The molecule has 0 saturated heterocycles. The molecule has 1 N–H and O–H groups in total. The zero-order chi connectivity index (χ0) is 21.3. The quantitative estimate of drug-likeness (QED) is 0.367. The number of carbonyl (C=O) groups is 1. The van der Waals surface area contributed by atoms with E-state index in [-0.39, 0.29) is 5.91 Å². The Hall–Kier alpha value is -2.54. The molecule has 0 aliphatic rings. The van der Waals surface area contributed by atoms with Gasteiger partial charge in [0, 0.05) is 11.9 Å². The van der Waals surface area contributed by atoms with Gasteiger partial charge < -0.3 is 5.32 Å². The Morgan fingerprint density at radius 3 is 2.60 bits per heavy atom. The second-order valence-corrected chi connectivity index (χ2v) is 8.81. The SMILES string of the molecule is Cc1ccc(C)c(NC(=O)C(Sc2nnc3c(Cl)cc(Cl)cn23)c2ccccc2)c1. The van der Waals surface area contributed by atoms with E-state index in [0.717, 1.165) is 22.4 Å². The Morgan fingerprint density at radius 1 is 1.07 bits per heavy atom. The highest BCUT2D eigenvalue weighted by molar-refractivity contribution is 8.00. The third-order valence-electron chi connectivity index (χ3n) is 4.61. The van der Waals surface area contributed by atoms with Crippen molar-refractivity contribution >= 4 is 52.2 Å². The van der Waals surface area contributed by atoms with Gasteiger partial charge in [-0.3, -0.25) is 9.20 Å². The standard InChI is InChI=1S/C22H18Cl2N4OS/c1-13-8-9-14(2)18(10-13)25-21(29)19(15-6-4-3-5-7-15)30-22-27-26-20-17(24)11-16(23)12-28(20)22/h3-12,19H,1-2H3,(H,25,29). The van der Waals surface area contributed by atoms with Gasteiger partial charge in [-0.15, -0.1) is 10.2 Å². The number of hydrogen-bond acceptors (Lipinski definition) is 4. The number of anilines is 1. The van der Waals surface area contributed by atoms with E-state index in [1.807, 2.05) is 62.4 Å². The fourth-order valence-corrected chi connectivity index (χ4v) is 4.58. The normalized spacial score (nSPS) is 12.1. The summed E-state index contributed by atoms with van der Waals surface area (Å²) in [6.45, 7) is 3.96. The van der Waals surface area contributed by atoms with E-state index in [1.54, 1.807) is 16.7 Å². The molecular formula is C22H18Cl2N4OS. The average Bonchev–Trinajstić information content (AvgIpc) is 3.12. The summed E-state index contributed by atoms with van der Waals surface area (Å²) in [5.41, 5.74) is 4.21. The Balaban J connectivity index is 1.71. The average molecular weight is 457 g/mol. The maximum atomic E-state index is 13.3. The second kappa shape index (κ2) is 8.68. The van der Waals surface area contributed by atoms with Crippen LogP contribution in [-0.2, 0) is 4.79 Å². The van der Waals surface area contributed by atoms with Crippen LogP contribution in [0, 0.1) is 13.8 Å². The number of thioether (sulfide) groups is 1. The number of aromatic nitrogens is 3. The minimum absolute atomic E-state index is 0.148. The lowest BCUT2D eigenvalue weighted by molar-refractivity contribution is -0.115. The smallest absolute Gasteiger partial charge is 0.242 e. The van der Waals surface area contributed by atoms with Gasteiger partial charge in [-0.1, -0.05) is 77.4 Å². The van der Waals surface area contributed by atoms with Crippen molar-refractivity contribution in [2.45, 2.75) is 24.3 Å². The Bertz CT molecular complexity index is 1230. The molecular weight excluding hydrogens is 439 g/mol. The van der Waals surface area contributed by atoms with Crippen molar-refractivity contribution in [3.63, 3.8) is 0 Å². The topological polar surface area (TPSA) is 59.3 Å². The summed E-state index contributed by atoms with van der Waals surface area (Å²) in [7, 11) is 0. The molecule has 2 aromatic carbocycles. The summed E-state index contributed by atoms with van der Waals surface area (Å²) in [6, 6.07) is 17.2. The van der Waals surface area contributed by atoms with Crippen LogP contribution >= 0.6 is 35.0 Å². The first kappa shape index (κ1) is 20.7. The predicted molar refractivity (Wildman–Crippen MR) is 123 cm³/mol. The van der Waals surface area contributed by atoms with Crippen molar-refractivity contribution < 1.29 is 4.79 Å². The highest BCUT2D eigenvalue weighted by atomic mass is 35.5. The monoisotopic (exact) mass is 456 g/mol. The first-order chi connectivity index (χ1) is 14.4. The van der Waals surface area contributed by atoms with Gasteiger partial charge in [0.05, 0.1) is 10.0 Å². The molecule has 5 nitrogen and oxygen atoms in total. The summed E-state index contributed by atoms with van der Waals surface area (Å²) in [5.74, 6) is -0.148. The molecule has 2 heterocycles. The van der Waals surface area contributed by atoms with E-state index in [4.69, 9.17) is 23.2 Å². The highest BCUT2D eigenvalue weighted by Crippen LogP contribution is 2.37. The summed E-state index contributed by atoms with van der Waals surface area (Å²) < 4.78 is 1.70. The molecule has 4 rings (SSSR count). The van der Waals surface area contributed by atoms with Crippen molar-refractivity contribution in [3.8, 4) is 0 Å². The number of nitrogens with one attached hydrogen (secondary N) is 1. The van der Waals surface area contributed by atoms with Gasteiger partial charge >= 0.3 is 0 Å². The van der Waals surface area contributed by atoms with Crippen LogP contribution in [0.15, 0.2) is 66.0 Å². The fraction of sp³-hybridized carbons (Fsp3) is 0.136. The lowest BCUT2D eigenvalue weighted by Gasteiger charge is -2.17. The molecule has 30 heavy (non-hydrogen) atoms. The largest absolute Gasteiger partial charge is 0.325 e. The molecule has 0 aliphatic heterocycles. The summed E-state index contributed by atoms with van der Waals surface area (Å²) in [4.78, 5) is 13.3. The van der Waals surface area contributed by atoms with Gasteiger partial charge in [0.25, 0.3) is 0 Å². The van der Waals surface area contributed by atoms with Crippen molar-refractivity contribution in [2.75, 3.05) is 5.32 Å². The molecule has 0 saturated carbocycles. The van der Waals surface area contributed by atoms with Gasteiger partial charge in [-0.25, -0.2) is 0 Å². The van der Waals surface area contributed by atoms with Gasteiger partial charge in [0.2, 0.25) is 5.91 Å². The Labute approximate surface area is 188 Å². The number of carbonyl (C=O) groups excluding carboxylic acids is 1. The van der Waals surface area contributed by atoms with Crippen LogP contribution in [0.1, 0.15) is 21.9 Å². The third-order valence-corrected chi connectivity index (χ3v) is 6.31. The number of benzene rings is 2. The van der Waals surface area contributed by atoms with Crippen LogP contribution in [0.5, 0.6) is 0 Å². The van der Waals surface area contributed by atoms with Gasteiger partial charge in [-0.2, -0.15) is 0 Å². The van der Waals surface area contributed by atoms with E-state index in [0.29, 0.717) is 20.8 Å². The molecule has 1 atom stereocenters. The van der Waals surface area contributed by atoms with E-state index in [1.165, 1.54) is 11.8 Å². The lowest BCUT2D eigenvalue weighted by Crippen LogP contribution is -2.20. The van der Waals surface area contributed by atoms with Crippen LogP contribution in [0.2, 0.25) is 10.0 Å². The molecule has 4 aromatic rings. The number of rotatable bonds is 5. The fourth-order valence-electron chi connectivity index (χ4n) is 3.06. The number of aryl methyl sites for hydroxylation is 2. The van der Waals surface area contributed by atoms with Crippen molar-refractivity contribution in [3.05, 3.63) is 87.5 Å². The highest BCUT2D eigenvalue weighted by Gasteiger charge is 2.25. The van der Waals surface area contributed by atoms with E-state index >= 15 is 0 Å². The molecule has 0 bridgehead atoms. The molecule has 1 unspecified atom stereocenters. The number of hydrogen-bond donors (Lipinski definition) is 1. The lowest BCUT2D eigenvalue weighted by atomic mass is 10.1. The van der Waals surface area contributed by atoms with Gasteiger partial charge in [0.15, 0.2) is 10.8 Å². The zero-order valence-corrected chi connectivity index (χ0v) is 18.6. The molecule has 8 heteroatoms. The van der Waals surface area contributed by atoms with Crippen molar-refractivity contribution in [2.24, 2.45) is 0 Å². The van der Waals surface area contributed by atoms with E-state index < -0.39 is 5.25 Å². The maximum absolute atomic E-state index is 13.3. The molecule has 0 fully saturated rings. The van der Waals surface area contributed by atoms with Crippen molar-refractivity contribution in [1.29, 1.82) is 0 Å². The second-order valence-electron chi connectivity index (χ2n) is 6.90. The Kier molecular flexibility index (Phi) is 5.99. The molecule has 0 spiro atoms. The van der Waals surface area contributed by atoms with Crippen LogP contribution in [0.25, 0.3) is 5.65 Å². The zero-order valence-electron chi connectivity index (χ0n) is 16.3. The van der Waals surface area contributed by atoms with Gasteiger partial charge in [0.1, 0.15) is 5.25 Å². The van der Waals surface area contributed by atoms with E-state index in [2.05, 4.69) is 15.5 Å². The van der Waals surface area contributed by atoms with Crippen molar-refractivity contribution in [1.82, 2.24) is 14.6 Å². The molecule has 2 aromatic heterocycles. The first-order valence-corrected chi connectivity index (χ1v) is 10.9. The number of fused-ring (bicyclic) bond motifs is 1. The van der Waals surface area contributed by atoms with Crippen LogP contribution in [-0.4, -0.2) is 20.5 Å². The number of pyridine rings is 1. The number of amides is 1. The van der Waals surface area contributed by atoms with Gasteiger partial charge in [-0.05, 0) is 42.7 Å². The predicted octanol–water partition coefficient (Wildman–Crippen LogP) is 6.13. The Morgan fingerprint density at radius 2 is 1.83 bits per heavy atom. The van der Waals surface area contributed by atoms with Crippen LogP contribution < -0.4 is 5.32 Å². The maximum Gasteiger partial charge on any atom is 0.242 e. The molecule has 0 aliphatic carbocycles. The third kappa shape index (κ3) is 4.31.